The quantitative estimate of drug-likeness (QED) is 0.183. The first kappa shape index (κ1) is 32.5. The number of para-hydroxylation sites is 2. The van der Waals surface area contributed by atoms with E-state index < -0.39 is 0 Å². The lowest BCUT2D eigenvalue weighted by atomic mass is 9.58. The normalized spacial score (nSPS) is 16.4. The molecule has 5 nitrogen and oxygen atoms in total. The Kier molecular flexibility index (Phi) is 7.03. The van der Waals surface area contributed by atoms with Gasteiger partial charge in [-0.15, -0.1) is 0 Å². The fourth-order valence-electron chi connectivity index (χ4n) is 9.08. The molecule has 1 atom stereocenters. The van der Waals surface area contributed by atoms with Gasteiger partial charge in [-0.1, -0.05) is 120 Å². The molecule has 6 aromatic carbocycles. The standard InChI is InChI=1S/C48H40FN5/c1-29-28-47(2,3)38-26-23-33(27-39(38)48(29,4)5)53-40-17-11-9-15-34(40)36-24-25-37-35-16-10-12-18-41(35)54(43(37)42(36)53)46-51-44(30-13-7-6-8-14-30)50-45(52-46)31-19-21-32(49)22-20-31/h6-27,29H,28H2,1-5H3. The minimum atomic E-state index is -0.308. The number of fused-ring (bicyclic) bond motifs is 8. The zero-order valence-electron chi connectivity index (χ0n) is 31.1. The van der Waals surface area contributed by atoms with E-state index in [0.29, 0.717) is 29.1 Å². The molecule has 3 heterocycles. The van der Waals surface area contributed by atoms with Gasteiger partial charge in [0.15, 0.2) is 11.6 Å². The maximum absolute atomic E-state index is 14.1. The summed E-state index contributed by atoms with van der Waals surface area (Å²) in [7, 11) is 0. The van der Waals surface area contributed by atoms with Crippen LogP contribution in [0.5, 0.6) is 0 Å². The monoisotopic (exact) mass is 705 g/mol. The molecule has 0 N–H and O–H groups in total. The molecular weight excluding hydrogens is 666 g/mol. The lowest BCUT2D eigenvalue weighted by Crippen LogP contribution is -2.40. The average Bonchev–Trinajstić information content (AvgIpc) is 3.71. The molecule has 0 radical (unpaired) electrons. The van der Waals surface area contributed by atoms with Crippen LogP contribution in [0.3, 0.4) is 0 Å². The van der Waals surface area contributed by atoms with Crippen LogP contribution in [0.1, 0.15) is 52.2 Å². The van der Waals surface area contributed by atoms with Gasteiger partial charge < -0.3 is 4.57 Å². The SMILES string of the molecule is CC1CC(C)(C)c2ccc(-n3c4ccccc4c4ccc5c6ccccc6n(-c6nc(-c7ccccc7)nc(-c7ccc(F)cc7)n6)c5c43)cc2C1(C)C. The number of rotatable bonds is 4. The molecule has 6 heteroatoms. The number of halogens is 1. The number of benzene rings is 6. The molecule has 9 aromatic rings. The van der Waals surface area contributed by atoms with Crippen LogP contribution in [0.25, 0.3) is 78.0 Å². The van der Waals surface area contributed by atoms with E-state index in [0.717, 1.165) is 55.9 Å². The van der Waals surface area contributed by atoms with Gasteiger partial charge in [0, 0.05) is 38.4 Å². The van der Waals surface area contributed by atoms with E-state index in [1.807, 2.05) is 30.3 Å². The van der Waals surface area contributed by atoms with Crippen LogP contribution in [0, 0.1) is 11.7 Å². The van der Waals surface area contributed by atoms with Crippen LogP contribution >= 0.6 is 0 Å². The molecule has 264 valence electrons. The first-order valence-electron chi connectivity index (χ1n) is 18.8. The summed E-state index contributed by atoms with van der Waals surface area (Å²) in [6.45, 7) is 12.0. The average molecular weight is 706 g/mol. The van der Waals surface area contributed by atoms with Crippen LogP contribution in [0.15, 0.2) is 133 Å². The lowest BCUT2D eigenvalue weighted by Gasteiger charge is -2.46. The van der Waals surface area contributed by atoms with Gasteiger partial charge in [0.1, 0.15) is 5.82 Å². The number of hydrogen-bond acceptors (Lipinski definition) is 3. The topological polar surface area (TPSA) is 48.5 Å². The van der Waals surface area contributed by atoms with E-state index in [1.165, 1.54) is 28.6 Å². The van der Waals surface area contributed by atoms with Crippen molar-refractivity contribution >= 4 is 43.6 Å². The fraction of sp³-hybridized carbons (Fsp3) is 0.188. The van der Waals surface area contributed by atoms with E-state index in [1.54, 1.807) is 12.1 Å². The smallest absolute Gasteiger partial charge is 0.238 e. The summed E-state index contributed by atoms with van der Waals surface area (Å²) in [5, 5.41) is 4.56. The van der Waals surface area contributed by atoms with Crippen molar-refractivity contribution in [1.29, 1.82) is 0 Å². The molecule has 10 rings (SSSR count). The third-order valence-corrected chi connectivity index (χ3v) is 12.2. The summed E-state index contributed by atoms with van der Waals surface area (Å²) in [4.78, 5) is 15.3. The summed E-state index contributed by atoms with van der Waals surface area (Å²) in [6, 6.07) is 45.2. The van der Waals surface area contributed by atoms with E-state index in [9.17, 15) is 4.39 Å². The van der Waals surface area contributed by atoms with Gasteiger partial charge in [-0.05, 0) is 82.8 Å². The molecule has 54 heavy (non-hydrogen) atoms. The number of nitrogens with zero attached hydrogens (tertiary/aromatic N) is 5. The van der Waals surface area contributed by atoms with Crippen LogP contribution in [-0.4, -0.2) is 24.1 Å². The second-order valence-electron chi connectivity index (χ2n) is 16.2. The summed E-state index contributed by atoms with van der Waals surface area (Å²) in [6.07, 6.45) is 1.15. The predicted molar refractivity (Wildman–Crippen MR) is 219 cm³/mol. The van der Waals surface area contributed by atoms with Crippen molar-refractivity contribution in [2.24, 2.45) is 5.92 Å². The molecule has 0 saturated carbocycles. The molecule has 0 bridgehead atoms. The van der Waals surface area contributed by atoms with Crippen molar-refractivity contribution in [3.05, 3.63) is 150 Å². The summed E-state index contributed by atoms with van der Waals surface area (Å²) >= 11 is 0. The minimum absolute atomic E-state index is 0.0132. The molecule has 3 aromatic heterocycles. The Morgan fingerprint density at radius 2 is 1.11 bits per heavy atom. The second kappa shape index (κ2) is 11.7. The molecule has 0 saturated heterocycles. The Balaban J connectivity index is 1.35. The van der Waals surface area contributed by atoms with Crippen LogP contribution in [0.2, 0.25) is 0 Å². The van der Waals surface area contributed by atoms with Gasteiger partial charge in [0.05, 0.1) is 22.1 Å². The maximum atomic E-state index is 14.1. The highest BCUT2D eigenvalue weighted by molar-refractivity contribution is 6.23. The van der Waals surface area contributed by atoms with Gasteiger partial charge in [-0.25, -0.2) is 9.37 Å². The van der Waals surface area contributed by atoms with Crippen molar-refractivity contribution in [1.82, 2.24) is 24.1 Å². The highest BCUT2D eigenvalue weighted by Gasteiger charge is 2.42. The molecule has 1 unspecified atom stereocenters. The number of aromatic nitrogens is 5. The molecule has 0 aliphatic heterocycles. The van der Waals surface area contributed by atoms with Gasteiger partial charge in [0.25, 0.3) is 0 Å². The van der Waals surface area contributed by atoms with Crippen molar-refractivity contribution in [2.75, 3.05) is 0 Å². The van der Waals surface area contributed by atoms with E-state index in [4.69, 9.17) is 15.0 Å². The largest absolute Gasteiger partial charge is 0.307 e. The summed E-state index contributed by atoms with van der Waals surface area (Å²) in [5.41, 5.74) is 9.91. The van der Waals surface area contributed by atoms with E-state index in [-0.39, 0.29) is 16.6 Å². The molecule has 0 amide bonds. The minimum Gasteiger partial charge on any atom is -0.307 e. The van der Waals surface area contributed by atoms with Crippen LogP contribution < -0.4 is 0 Å². The highest BCUT2D eigenvalue weighted by atomic mass is 19.1. The van der Waals surface area contributed by atoms with Crippen LogP contribution in [-0.2, 0) is 10.8 Å². The highest BCUT2D eigenvalue weighted by Crippen LogP contribution is 2.50. The second-order valence-corrected chi connectivity index (χ2v) is 16.2. The molecule has 1 aliphatic carbocycles. The third kappa shape index (κ3) is 4.79. The summed E-state index contributed by atoms with van der Waals surface area (Å²) in [5.74, 6) is 1.75. The van der Waals surface area contributed by atoms with Crippen molar-refractivity contribution in [2.45, 2.75) is 51.9 Å². The molecule has 0 spiro atoms. The lowest BCUT2D eigenvalue weighted by molar-refractivity contribution is 0.233. The van der Waals surface area contributed by atoms with Crippen LogP contribution in [0.4, 0.5) is 4.39 Å². The van der Waals surface area contributed by atoms with E-state index >= 15 is 0 Å². The summed E-state index contributed by atoms with van der Waals surface area (Å²) < 4.78 is 18.8. The Bertz CT molecular complexity index is 2930. The Hall–Kier alpha value is -6.14. The van der Waals surface area contributed by atoms with Gasteiger partial charge in [0.2, 0.25) is 5.95 Å². The van der Waals surface area contributed by atoms with Crippen molar-refractivity contribution < 1.29 is 4.39 Å². The number of hydrogen-bond donors (Lipinski definition) is 0. The van der Waals surface area contributed by atoms with Crippen molar-refractivity contribution in [3.8, 4) is 34.4 Å². The Morgan fingerprint density at radius 3 is 1.76 bits per heavy atom. The first-order chi connectivity index (χ1) is 26.1. The predicted octanol–water partition coefficient (Wildman–Crippen LogP) is 12.1. The maximum Gasteiger partial charge on any atom is 0.238 e. The molecular formula is C48H40FN5. The molecule has 0 fully saturated rings. The zero-order chi connectivity index (χ0) is 36.9. The van der Waals surface area contributed by atoms with Gasteiger partial charge in [-0.2, -0.15) is 9.97 Å². The van der Waals surface area contributed by atoms with Crippen molar-refractivity contribution in [3.63, 3.8) is 0 Å². The Morgan fingerprint density at radius 1 is 0.556 bits per heavy atom. The van der Waals surface area contributed by atoms with Gasteiger partial charge >= 0.3 is 0 Å². The zero-order valence-corrected chi connectivity index (χ0v) is 31.1. The van der Waals surface area contributed by atoms with E-state index in [2.05, 4.69) is 123 Å². The fourth-order valence-corrected chi connectivity index (χ4v) is 9.08. The first-order valence-corrected chi connectivity index (χ1v) is 18.8. The molecule has 1 aliphatic rings. The van der Waals surface area contributed by atoms with Gasteiger partial charge in [-0.3, -0.25) is 4.57 Å². The third-order valence-electron chi connectivity index (χ3n) is 12.2. The Labute approximate surface area is 313 Å².